The maximum absolute atomic E-state index is 5.26. The van der Waals surface area contributed by atoms with Gasteiger partial charge in [-0.05, 0) is 43.9 Å². The van der Waals surface area contributed by atoms with Gasteiger partial charge in [0.15, 0.2) is 0 Å². The summed E-state index contributed by atoms with van der Waals surface area (Å²) in [5.74, 6) is 0. The minimum atomic E-state index is 0.496. The molecule has 1 fully saturated rings. The SMILES string of the molecule is COC1CC(NCCc2ccccc2C)C1. The summed E-state index contributed by atoms with van der Waals surface area (Å²) in [5, 5.41) is 3.58. The van der Waals surface area contributed by atoms with Crippen molar-refractivity contribution in [2.24, 2.45) is 0 Å². The minimum absolute atomic E-state index is 0.496. The standard InChI is InChI=1S/C14H21NO/c1-11-5-3-4-6-12(11)7-8-15-13-9-14(10-13)16-2/h3-6,13-15H,7-10H2,1-2H3. The second kappa shape index (κ2) is 5.46. The first-order valence-electron chi connectivity index (χ1n) is 6.10. The predicted octanol–water partition coefficient (Wildman–Crippen LogP) is 2.30. The van der Waals surface area contributed by atoms with Gasteiger partial charge in [0.1, 0.15) is 0 Å². The van der Waals surface area contributed by atoms with Gasteiger partial charge in [0.05, 0.1) is 6.10 Å². The second-order valence-electron chi connectivity index (χ2n) is 4.66. The molecule has 1 aromatic rings. The zero-order valence-corrected chi connectivity index (χ0v) is 10.2. The Labute approximate surface area is 98.0 Å². The highest BCUT2D eigenvalue weighted by atomic mass is 16.5. The van der Waals surface area contributed by atoms with E-state index < -0.39 is 0 Å². The second-order valence-corrected chi connectivity index (χ2v) is 4.66. The van der Waals surface area contributed by atoms with Gasteiger partial charge in [-0.3, -0.25) is 0 Å². The molecule has 0 radical (unpaired) electrons. The Morgan fingerprint density at radius 2 is 2.06 bits per heavy atom. The molecule has 1 N–H and O–H groups in total. The van der Waals surface area contributed by atoms with E-state index in [-0.39, 0.29) is 0 Å². The summed E-state index contributed by atoms with van der Waals surface area (Å²) in [5.41, 5.74) is 2.85. The third-order valence-corrected chi connectivity index (χ3v) is 3.52. The Morgan fingerprint density at radius 1 is 1.31 bits per heavy atom. The molecule has 2 heteroatoms. The first kappa shape index (κ1) is 11.6. The lowest BCUT2D eigenvalue weighted by Gasteiger charge is -2.34. The van der Waals surface area contributed by atoms with E-state index >= 15 is 0 Å². The lowest BCUT2D eigenvalue weighted by Crippen LogP contribution is -2.45. The number of hydrogen-bond donors (Lipinski definition) is 1. The van der Waals surface area contributed by atoms with Crippen molar-refractivity contribution < 1.29 is 4.74 Å². The summed E-state index contributed by atoms with van der Waals surface area (Å²) < 4.78 is 5.26. The van der Waals surface area contributed by atoms with Gasteiger partial charge in [0.25, 0.3) is 0 Å². The summed E-state index contributed by atoms with van der Waals surface area (Å²) >= 11 is 0. The fraction of sp³-hybridized carbons (Fsp3) is 0.571. The molecule has 1 aliphatic carbocycles. The number of benzene rings is 1. The molecule has 0 aromatic heterocycles. The normalized spacial score (nSPS) is 24.1. The van der Waals surface area contributed by atoms with Gasteiger partial charge in [0, 0.05) is 13.2 Å². The smallest absolute Gasteiger partial charge is 0.0601 e. The van der Waals surface area contributed by atoms with Gasteiger partial charge in [0.2, 0.25) is 0 Å². The molecule has 88 valence electrons. The van der Waals surface area contributed by atoms with Crippen LogP contribution in [-0.2, 0) is 11.2 Å². The van der Waals surface area contributed by atoms with Crippen molar-refractivity contribution >= 4 is 0 Å². The van der Waals surface area contributed by atoms with Crippen molar-refractivity contribution in [3.63, 3.8) is 0 Å². The van der Waals surface area contributed by atoms with E-state index in [1.807, 2.05) is 0 Å². The topological polar surface area (TPSA) is 21.3 Å². The minimum Gasteiger partial charge on any atom is -0.381 e. The van der Waals surface area contributed by atoms with Crippen molar-refractivity contribution in [2.45, 2.75) is 38.3 Å². The van der Waals surface area contributed by atoms with E-state index in [1.165, 1.54) is 24.0 Å². The fourth-order valence-corrected chi connectivity index (χ4v) is 2.23. The molecule has 0 aliphatic heterocycles. The number of nitrogens with one attached hydrogen (secondary N) is 1. The van der Waals surface area contributed by atoms with E-state index in [4.69, 9.17) is 4.74 Å². The van der Waals surface area contributed by atoms with Crippen LogP contribution in [0, 0.1) is 6.92 Å². The summed E-state index contributed by atoms with van der Waals surface area (Å²) in [4.78, 5) is 0. The largest absolute Gasteiger partial charge is 0.381 e. The highest BCUT2D eigenvalue weighted by molar-refractivity contribution is 5.25. The van der Waals surface area contributed by atoms with Crippen LogP contribution in [-0.4, -0.2) is 25.8 Å². The highest BCUT2D eigenvalue weighted by Crippen LogP contribution is 2.22. The average molecular weight is 219 g/mol. The highest BCUT2D eigenvalue weighted by Gasteiger charge is 2.27. The average Bonchev–Trinajstić information content (AvgIpc) is 2.24. The summed E-state index contributed by atoms with van der Waals surface area (Å²) in [6, 6.07) is 9.29. The Hall–Kier alpha value is -0.860. The predicted molar refractivity (Wildman–Crippen MR) is 66.7 cm³/mol. The summed E-state index contributed by atoms with van der Waals surface area (Å²) in [6.45, 7) is 3.26. The van der Waals surface area contributed by atoms with Crippen LogP contribution in [0.4, 0.5) is 0 Å². The molecule has 16 heavy (non-hydrogen) atoms. The summed E-state index contributed by atoms with van der Waals surface area (Å²) in [7, 11) is 1.80. The molecule has 2 rings (SSSR count). The van der Waals surface area contributed by atoms with Crippen molar-refractivity contribution in [3.05, 3.63) is 35.4 Å². The Kier molecular flexibility index (Phi) is 3.97. The molecule has 1 aliphatic rings. The molecular weight excluding hydrogens is 198 g/mol. The van der Waals surface area contributed by atoms with E-state index in [1.54, 1.807) is 7.11 Å². The molecule has 1 saturated carbocycles. The third kappa shape index (κ3) is 2.83. The van der Waals surface area contributed by atoms with Crippen molar-refractivity contribution in [3.8, 4) is 0 Å². The molecule has 2 nitrogen and oxygen atoms in total. The van der Waals surface area contributed by atoms with Gasteiger partial charge in [-0.15, -0.1) is 0 Å². The van der Waals surface area contributed by atoms with E-state index in [0.717, 1.165) is 13.0 Å². The van der Waals surface area contributed by atoms with Crippen LogP contribution in [0.2, 0.25) is 0 Å². The molecule has 0 heterocycles. The third-order valence-electron chi connectivity index (χ3n) is 3.52. The Balaban J connectivity index is 1.67. The van der Waals surface area contributed by atoms with Crippen LogP contribution >= 0.6 is 0 Å². The van der Waals surface area contributed by atoms with Gasteiger partial charge >= 0.3 is 0 Å². The molecule has 1 aromatic carbocycles. The number of hydrogen-bond acceptors (Lipinski definition) is 2. The quantitative estimate of drug-likeness (QED) is 0.820. The van der Waals surface area contributed by atoms with E-state index in [2.05, 4.69) is 36.5 Å². The van der Waals surface area contributed by atoms with Gasteiger partial charge < -0.3 is 10.1 Å². The molecule has 0 bridgehead atoms. The molecule has 0 saturated heterocycles. The summed E-state index contributed by atoms with van der Waals surface area (Å²) in [6.07, 6.45) is 3.96. The van der Waals surface area contributed by atoms with Gasteiger partial charge in [-0.25, -0.2) is 0 Å². The Morgan fingerprint density at radius 3 is 2.75 bits per heavy atom. The number of ether oxygens (including phenoxy) is 1. The maximum Gasteiger partial charge on any atom is 0.0601 e. The lowest BCUT2D eigenvalue weighted by molar-refractivity contribution is 0.0177. The molecular formula is C14H21NO. The van der Waals surface area contributed by atoms with Crippen molar-refractivity contribution in [1.29, 1.82) is 0 Å². The first-order chi connectivity index (χ1) is 7.79. The van der Waals surface area contributed by atoms with Crippen LogP contribution in [0.1, 0.15) is 24.0 Å². The van der Waals surface area contributed by atoms with Crippen LogP contribution in [0.25, 0.3) is 0 Å². The zero-order valence-electron chi connectivity index (χ0n) is 10.2. The molecule has 0 unspecified atom stereocenters. The van der Waals surface area contributed by atoms with Gasteiger partial charge in [-0.1, -0.05) is 24.3 Å². The van der Waals surface area contributed by atoms with Crippen LogP contribution < -0.4 is 5.32 Å². The molecule has 0 atom stereocenters. The first-order valence-corrected chi connectivity index (χ1v) is 6.10. The van der Waals surface area contributed by atoms with Crippen LogP contribution in [0.5, 0.6) is 0 Å². The Bertz CT molecular complexity index is 331. The number of methoxy groups -OCH3 is 1. The monoisotopic (exact) mass is 219 g/mol. The molecule has 0 amide bonds. The lowest BCUT2D eigenvalue weighted by atomic mass is 9.89. The maximum atomic E-state index is 5.26. The van der Waals surface area contributed by atoms with E-state index in [0.29, 0.717) is 12.1 Å². The van der Waals surface area contributed by atoms with Crippen molar-refractivity contribution in [2.75, 3.05) is 13.7 Å². The van der Waals surface area contributed by atoms with Crippen molar-refractivity contribution in [1.82, 2.24) is 5.32 Å². The van der Waals surface area contributed by atoms with Gasteiger partial charge in [-0.2, -0.15) is 0 Å². The zero-order chi connectivity index (χ0) is 11.4. The molecule has 0 spiro atoms. The number of aryl methyl sites for hydroxylation is 1. The fourth-order valence-electron chi connectivity index (χ4n) is 2.23. The van der Waals surface area contributed by atoms with Crippen LogP contribution in [0.15, 0.2) is 24.3 Å². The van der Waals surface area contributed by atoms with Crippen LogP contribution in [0.3, 0.4) is 0 Å². The van der Waals surface area contributed by atoms with E-state index in [9.17, 15) is 0 Å². The number of rotatable bonds is 5.